The Hall–Kier alpha value is -4.09. The topological polar surface area (TPSA) is 133 Å². The summed E-state index contributed by atoms with van der Waals surface area (Å²) in [6.45, 7) is 0. The lowest BCUT2D eigenvalue weighted by atomic mass is 10.2. The van der Waals surface area contributed by atoms with Gasteiger partial charge in [-0.15, -0.1) is 5.10 Å². The summed E-state index contributed by atoms with van der Waals surface area (Å²) in [5.74, 6) is 0.502. The van der Waals surface area contributed by atoms with Crippen LogP contribution in [-0.4, -0.2) is 38.7 Å². The van der Waals surface area contributed by atoms with Gasteiger partial charge in [0.15, 0.2) is 0 Å². The number of nitrogens with zero attached hydrogens (tertiary/aromatic N) is 2. The highest BCUT2D eigenvalue weighted by atomic mass is 35.5. The Morgan fingerprint density at radius 3 is 2.26 bits per heavy atom. The molecule has 0 bridgehead atoms. The first kappa shape index (κ1) is 24.0. The molecule has 0 radical (unpaired) electrons. The molecule has 1 heterocycles. The predicted molar refractivity (Wildman–Crippen MR) is 129 cm³/mol. The molecule has 4 aromatic rings. The third kappa shape index (κ3) is 5.53. The van der Waals surface area contributed by atoms with E-state index in [0.29, 0.717) is 22.1 Å². The summed E-state index contributed by atoms with van der Waals surface area (Å²) < 4.78 is 44.0. The lowest BCUT2D eigenvalue weighted by molar-refractivity contribution is 0.102. The van der Waals surface area contributed by atoms with Crippen molar-refractivity contribution in [1.82, 2.24) is 10.2 Å². The number of halogens is 1. The van der Waals surface area contributed by atoms with E-state index in [1.54, 1.807) is 30.3 Å². The van der Waals surface area contributed by atoms with Crippen LogP contribution in [0.3, 0.4) is 0 Å². The fourth-order valence-corrected chi connectivity index (χ4v) is 4.28. The van der Waals surface area contributed by atoms with Gasteiger partial charge in [-0.05, 0) is 48.5 Å². The maximum atomic E-state index is 12.9. The maximum Gasteiger partial charge on any atom is 0.322 e. The molecule has 10 nitrogen and oxygen atoms in total. The summed E-state index contributed by atoms with van der Waals surface area (Å²) in [6, 6.07) is 16.6. The van der Waals surface area contributed by atoms with E-state index in [-0.39, 0.29) is 28.1 Å². The monoisotopic (exact) mass is 514 g/mol. The van der Waals surface area contributed by atoms with Gasteiger partial charge in [0.25, 0.3) is 15.9 Å². The van der Waals surface area contributed by atoms with Crippen LogP contribution in [0.2, 0.25) is 5.02 Å². The van der Waals surface area contributed by atoms with Crippen LogP contribution in [0.4, 0.5) is 11.7 Å². The van der Waals surface area contributed by atoms with Crippen LogP contribution in [0.1, 0.15) is 10.4 Å². The first-order chi connectivity index (χ1) is 16.8. The van der Waals surface area contributed by atoms with Gasteiger partial charge in [0.2, 0.25) is 5.89 Å². The van der Waals surface area contributed by atoms with E-state index in [2.05, 4.69) is 20.2 Å². The molecule has 0 saturated carbocycles. The second kappa shape index (κ2) is 10.0. The van der Waals surface area contributed by atoms with Crippen molar-refractivity contribution in [3.63, 3.8) is 0 Å². The molecular formula is C23H19ClN4O6S. The molecule has 2 N–H and O–H groups in total. The van der Waals surface area contributed by atoms with Crippen LogP contribution < -0.4 is 19.5 Å². The number of benzene rings is 3. The molecule has 0 aliphatic heterocycles. The van der Waals surface area contributed by atoms with Crippen molar-refractivity contribution in [3.8, 4) is 23.0 Å². The van der Waals surface area contributed by atoms with Gasteiger partial charge in [0.05, 0.1) is 30.4 Å². The second-order valence-corrected chi connectivity index (χ2v) is 9.19. The molecule has 0 spiro atoms. The van der Waals surface area contributed by atoms with Crippen LogP contribution in [0.15, 0.2) is 76.0 Å². The fraction of sp³-hybridized carbons (Fsp3) is 0.0870. The Morgan fingerprint density at radius 2 is 1.60 bits per heavy atom. The molecule has 0 unspecified atom stereocenters. The van der Waals surface area contributed by atoms with Crippen LogP contribution in [-0.2, 0) is 10.0 Å². The number of ether oxygens (including phenoxy) is 2. The Labute approximate surface area is 205 Å². The van der Waals surface area contributed by atoms with Crippen molar-refractivity contribution >= 4 is 39.2 Å². The Kier molecular flexibility index (Phi) is 6.90. The number of nitrogens with one attached hydrogen (secondary N) is 2. The van der Waals surface area contributed by atoms with E-state index in [1.165, 1.54) is 50.6 Å². The molecule has 0 aliphatic carbocycles. The summed E-state index contributed by atoms with van der Waals surface area (Å²) in [7, 11) is -0.947. The van der Waals surface area contributed by atoms with E-state index in [4.69, 9.17) is 25.5 Å². The molecule has 180 valence electrons. The Bertz CT molecular complexity index is 1450. The number of sulfonamides is 1. The van der Waals surface area contributed by atoms with Crippen molar-refractivity contribution in [2.24, 2.45) is 0 Å². The number of anilines is 2. The average molecular weight is 515 g/mol. The third-order valence-corrected chi connectivity index (χ3v) is 6.42. The fourth-order valence-electron chi connectivity index (χ4n) is 3.07. The van der Waals surface area contributed by atoms with Gasteiger partial charge >= 0.3 is 6.01 Å². The lowest BCUT2D eigenvalue weighted by Gasteiger charge is -2.12. The molecule has 4 rings (SSSR count). The molecule has 3 aromatic carbocycles. The Morgan fingerprint density at radius 1 is 0.943 bits per heavy atom. The lowest BCUT2D eigenvalue weighted by Crippen LogP contribution is -2.18. The van der Waals surface area contributed by atoms with Crippen molar-refractivity contribution in [2.75, 3.05) is 24.3 Å². The summed E-state index contributed by atoms with van der Waals surface area (Å²) in [4.78, 5) is 12.9. The number of hydrogen-bond donors (Lipinski definition) is 2. The number of carbonyl (C=O) groups is 1. The van der Waals surface area contributed by atoms with Crippen molar-refractivity contribution in [1.29, 1.82) is 0 Å². The number of hydrogen-bond acceptors (Lipinski definition) is 8. The molecule has 1 aromatic heterocycles. The van der Waals surface area contributed by atoms with Crippen molar-refractivity contribution in [3.05, 3.63) is 77.3 Å². The largest absolute Gasteiger partial charge is 0.497 e. The molecular weight excluding hydrogens is 496 g/mol. The normalized spacial score (nSPS) is 11.1. The standard InChI is InChI=1S/C23H19ClN4O6S/c1-32-16-11-14(12-17(13-16)33-2)22-26-27-23(34-22)25-21(29)19-5-3-4-6-20(19)28-35(30,31)18-9-7-15(24)8-10-18/h3-13,28H,1-2H3,(H,25,27,29). The second-order valence-electron chi connectivity index (χ2n) is 7.07. The summed E-state index contributed by atoms with van der Waals surface area (Å²) in [5.41, 5.74) is 0.635. The predicted octanol–water partition coefficient (Wildman–Crippen LogP) is 4.46. The summed E-state index contributed by atoms with van der Waals surface area (Å²) in [5, 5.41) is 10.7. The van der Waals surface area contributed by atoms with Crippen LogP contribution in [0, 0.1) is 0 Å². The SMILES string of the molecule is COc1cc(OC)cc(-c2nnc(NC(=O)c3ccccc3NS(=O)(=O)c3ccc(Cl)cc3)o2)c1. The van der Waals surface area contributed by atoms with Gasteiger partial charge in [-0.2, -0.15) is 0 Å². The zero-order valence-corrected chi connectivity index (χ0v) is 20.1. The van der Waals surface area contributed by atoms with E-state index in [1.807, 2.05) is 0 Å². The highest BCUT2D eigenvalue weighted by Crippen LogP contribution is 2.30. The van der Waals surface area contributed by atoms with E-state index in [9.17, 15) is 13.2 Å². The average Bonchev–Trinajstić information content (AvgIpc) is 3.32. The van der Waals surface area contributed by atoms with Gasteiger partial charge in [-0.25, -0.2) is 8.42 Å². The zero-order valence-electron chi connectivity index (χ0n) is 18.5. The molecule has 0 aliphatic rings. The van der Waals surface area contributed by atoms with Crippen molar-refractivity contribution < 1.29 is 27.1 Å². The van der Waals surface area contributed by atoms with Gasteiger partial charge in [-0.1, -0.05) is 28.8 Å². The van der Waals surface area contributed by atoms with Crippen LogP contribution in [0.25, 0.3) is 11.5 Å². The van der Waals surface area contributed by atoms with Gasteiger partial charge in [0, 0.05) is 16.7 Å². The molecule has 35 heavy (non-hydrogen) atoms. The number of carbonyl (C=O) groups excluding carboxylic acids is 1. The van der Waals surface area contributed by atoms with Gasteiger partial charge in [-0.3, -0.25) is 14.8 Å². The zero-order chi connectivity index (χ0) is 25.0. The summed E-state index contributed by atoms with van der Waals surface area (Å²) >= 11 is 5.84. The van der Waals surface area contributed by atoms with Crippen LogP contribution in [0.5, 0.6) is 11.5 Å². The Balaban J connectivity index is 1.55. The number of rotatable bonds is 8. The van der Waals surface area contributed by atoms with E-state index >= 15 is 0 Å². The molecule has 1 amide bonds. The number of amides is 1. The quantitative estimate of drug-likeness (QED) is 0.352. The minimum absolute atomic E-state index is 0.00706. The molecule has 0 fully saturated rings. The first-order valence-corrected chi connectivity index (χ1v) is 11.9. The van der Waals surface area contributed by atoms with E-state index < -0.39 is 15.9 Å². The smallest absolute Gasteiger partial charge is 0.322 e. The third-order valence-electron chi connectivity index (χ3n) is 4.78. The number of aromatic nitrogens is 2. The molecule has 0 atom stereocenters. The van der Waals surface area contributed by atoms with Crippen molar-refractivity contribution in [2.45, 2.75) is 4.90 Å². The van der Waals surface area contributed by atoms with E-state index in [0.717, 1.165) is 0 Å². The highest BCUT2D eigenvalue weighted by Gasteiger charge is 2.20. The minimum atomic E-state index is -3.97. The van der Waals surface area contributed by atoms with Gasteiger partial charge < -0.3 is 13.9 Å². The number of methoxy groups -OCH3 is 2. The minimum Gasteiger partial charge on any atom is -0.497 e. The first-order valence-electron chi connectivity index (χ1n) is 10.0. The number of para-hydroxylation sites is 1. The highest BCUT2D eigenvalue weighted by molar-refractivity contribution is 7.92. The van der Waals surface area contributed by atoms with Crippen LogP contribution >= 0.6 is 11.6 Å². The summed E-state index contributed by atoms with van der Waals surface area (Å²) in [6.07, 6.45) is 0. The molecule has 12 heteroatoms. The van der Waals surface area contributed by atoms with Gasteiger partial charge in [0.1, 0.15) is 11.5 Å². The maximum absolute atomic E-state index is 12.9. The molecule has 0 saturated heterocycles.